The fraction of sp³-hybridized carbons (Fsp3) is 0.700. The molecule has 0 aliphatic heterocycles. The minimum absolute atomic E-state index is 0.623. The van der Waals surface area contributed by atoms with Gasteiger partial charge in [0.15, 0.2) is 0 Å². The zero-order valence-electron chi connectivity index (χ0n) is 14.8. The summed E-state index contributed by atoms with van der Waals surface area (Å²) in [5, 5.41) is 3.71. The SMILES string of the molecule is CCCCC(CC)CC(Cc1cc(C)cc(C)c1)NCC. The number of benzene rings is 1. The van der Waals surface area contributed by atoms with Crippen LogP contribution in [-0.2, 0) is 6.42 Å². The lowest BCUT2D eigenvalue weighted by Crippen LogP contribution is -2.33. The summed E-state index contributed by atoms with van der Waals surface area (Å²) in [6, 6.07) is 7.59. The van der Waals surface area contributed by atoms with Crippen LogP contribution >= 0.6 is 0 Å². The van der Waals surface area contributed by atoms with Crippen molar-refractivity contribution in [1.82, 2.24) is 5.32 Å². The minimum atomic E-state index is 0.623. The molecule has 0 aliphatic rings. The molecule has 0 aromatic heterocycles. The van der Waals surface area contributed by atoms with Gasteiger partial charge in [-0.1, -0.05) is 75.8 Å². The van der Waals surface area contributed by atoms with Crippen LogP contribution in [0.5, 0.6) is 0 Å². The van der Waals surface area contributed by atoms with Crippen molar-refractivity contribution >= 4 is 0 Å². The number of unbranched alkanes of at least 4 members (excludes halogenated alkanes) is 1. The summed E-state index contributed by atoms with van der Waals surface area (Å²) >= 11 is 0. The van der Waals surface area contributed by atoms with E-state index in [1.54, 1.807) is 0 Å². The zero-order valence-corrected chi connectivity index (χ0v) is 14.8. The van der Waals surface area contributed by atoms with Gasteiger partial charge in [-0.05, 0) is 44.7 Å². The fourth-order valence-corrected chi connectivity index (χ4v) is 3.38. The van der Waals surface area contributed by atoms with Gasteiger partial charge in [0.05, 0.1) is 0 Å². The number of nitrogens with one attached hydrogen (secondary N) is 1. The summed E-state index contributed by atoms with van der Waals surface area (Å²) in [5.74, 6) is 0.875. The number of rotatable bonds is 10. The van der Waals surface area contributed by atoms with Crippen LogP contribution < -0.4 is 5.32 Å². The highest BCUT2D eigenvalue weighted by atomic mass is 14.9. The third-order valence-electron chi connectivity index (χ3n) is 4.42. The second-order valence-electron chi connectivity index (χ2n) is 6.61. The van der Waals surface area contributed by atoms with Crippen LogP contribution in [0.3, 0.4) is 0 Å². The second-order valence-corrected chi connectivity index (χ2v) is 6.61. The Balaban J connectivity index is 2.67. The van der Waals surface area contributed by atoms with Crippen LogP contribution in [0.4, 0.5) is 0 Å². The Bertz CT molecular complexity index is 377. The summed E-state index contributed by atoms with van der Waals surface area (Å²) in [4.78, 5) is 0. The monoisotopic (exact) mass is 289 g/mol. The molecule has 1 N–H and O–H groups in total. The molecule has 1 aromatic carbocycles. The van der Waals surface area contributed by atoms with E-state index in [0.29, 0.717) is 6.04 Å². The van der Waals surface area contributed by atoms with E-state index in [0.717, 1.165) is 12.5 Å². The Kier molecular flexibility index (Phi) is 8.68. The van der Waals surface area contributed by atoms with Crippen molar-refractivity contribution in [1.29, 1.82) is 0 Å². The first-order valence-corrected chi connectivity index (χ1v) is 8.89. The highest BCUT2D eigenvalue weighted by molar-refractivity contribution is 5.29. The van der Waals surface area contributed by atoms with Crippen molar-refractivity contribution in [2.24, 2.45) is 5.92 Å². The summed E-state index contributed by atoms with van der Waals surface area (Å²) in [6.07, 6.45) is 7.88. The standard InChI is InChI=1S/C20H35N/c1-6-9-10-18(7-2)14-20(21-8-3)15-19-12-16(4)11-17(5)13-19/h11-13,18,20-21H,6-10,14-15H2,1-5H3. The van der Waals surface area contributed by atoms with Crippen LogP contribution in [0.25, 0.3) is 0 Å². The first-order valence-electron chi connectivity index (χ1n) is 8.89. The molecule has 0 aliphatic carbocycles. The Labute approximate surface area is 132 Å². The maximum atomic E-state index is 3.71. The summed E-state index contributed by atoms with van der Waals surface area (Å²) in [6.45, 7) is 12.3. The lowest BCUT2D eigenvalue weighted by Gasteiger charge is -2.24. The molecule has 120 valence electrons. The highest BCUT2D eigenvalue weighted by Crippen LogP contribution is 2.21. The lowest BCUT2D eigenvalue weighted by molar-refractivity contribution is 0.350. The predicted molar refractivity (Wildman–Crippen MR) is 95.0 cm³/mol. The quantitative estimate of drug-likeness (QED) is 0.605. The van der Waals surface area contributed by atoms with E-state index < -0.39 is 0 Å². The van der Waals surface area contributed by atoms with Gasteiger partial charge in [-0.3, -0.25) is 0 Å². The Morgan fingerprint density at radius 2 is 1.67 bits per heavy atom. The summed E-state index contributed by atoms with van der Waals surface area (Å²) < 4.78 is 0. The van der Waals surface area contributed by atoms with E-state index in [1.807, 2.05) is 0 Å². The number of likely N-dealkylation sites (N-methyl/N-ethyl adjacent to an activating group) is 1. The Morgan fingerprint density at radius 1 is 1.00 bits per heavy atom. The molecule has 1 nitrogen and oxygen atoms in total. The third kappa shape index (κ3) is 7.13. The maximum Gasteiger partial charge on any atom is 0.0110 e. The maximum absolute atomic E-state index is 3.71. The number of hydrogen-bond donors (Lipinski definition) is 1. The van der Waals surface area contributed by atoms with E-state index >= 15 is 0 Å². The molecule has 2 atom stereocenters. The Hall–Kier alpha value is -0.820. The second kappa shape index (κ2) is 10.00. The summed E-state index contributed by atoms with van der Waals surface area (Å²) in [7, 11) is 0. The van der Waals surface area contributed by atoms with Gasteiger partial charge < -0.3 is 5.32 Å². The molecule has 2 unspecified atom stereocenters. The lowest BCUT2D eigenvalue weighted by atomic mass is 9.89. The summed E-state index contributed by atoms with van der Waals surface area (Å²) in [5.41, 5.74) is 4.26. The van der Waals surface area contributed by atoms with Gasteiger partial charge in [0.25, 0.3) is 0 Å². The molecule has 0 saturated heterocycles. The number of hydrogen-bond acceptors (Lipinski definition) is 1. The van der Waals surface area contributed by atoms with Gasteiger partial charge in [-0.15, -0.1) is 0 Å². The van der Waals surface area contributed by atoms with E-state index in [4.69, 9.17) is 0 Å². The molecule has 0 fully saturated rings. The predicted octanol–water partition coefficient (Wildman–Crippen LogP) is 5.43. The minimum Gasteiger partial charge on any atom is -0.314 e. The third-order valence-corrected chi connectivity index (χ3v) is 4.42. The van der Waals surface area contributed by atoms with Crippen LogP contribution in [0.2, 0.25) is 0 Å². The molecule has 0 heterocycles. The molecule has 21 heavy (non-hydrogen) atoms. The van der Waals surface area contributed by atoms with Gasteiger partial charge >= 0.3 is 0 Å². The largest absolute Gasteiger partial charge is 0.314 e. The number of aryl methyl sites for hydroxylation is 2. The Morgan fingerprint density at radius 3 is 2.19 bits per heavy atom. The molecule has 0 saturated carbocycles. The molecule has 0 amide bonds. The molecular weight excluding hydrogens is 254 g/mol. The smallest absolute Gasteiger partial charge is 0.0110 e. The van der Waals surface area contributed by atoms with Crippen molar-refractivity contribution in [3.8, 4) is 0 Å². The highest BCUT2D eigenvalue weighted by Gasteiger charge is 2.15. The molecule has 1 heteroatoms. The van der Waals surface area contributed by atoms with Crippen LogP contribution in [0, 0.1) is 19.8 Å². The van der Waals surface area contributed by atoms with Crippen LogP contribution in [0.1, 0.15) is 69.6 Å². The average Bonchev–Trinajstić information content (AvgIpc) is 2.42. The first kappa shape index (κ1) is 18.2. The van der Waals surface area contributed by atoms with Crippen molar-refractivity contribution < 1.29 is 0 Å². The van der Waals surface area contributed by atoms with Crippen molar-refractivity contribution in [3.63, 3.8) is 0 Å². The van der Waals surface area contributed by atoms with Gasteiger partial charge in [0.1, 0.15) is 0 Å². The van der Waals surface area contributed by atoms with Crippen molar-refractivity contribution in [3.05, 3.63) is 34.9 Å². The molecular formula is C20H35N. The molecule has 1 aromatic rings. The van der Waals surface area contributed by atoms with Gasteiger partial charge in [-0.2, -0.15) is 0 Å². The fourth-order valence-electron chi connectivity index (χ4n) is 3.38. The average molecular weight is 290 g/mol. The first-order chi connectivity index (χ1) is 10.1. The van der Waals surface area contributed by atoms with E-state index in [-0.39, 0.29) is 0 Å². The van der Waals surface area contributed by atoms with E-state index in [2.05, 4.69) is 58.1 Å². The molecule has 1 rings (SSSR count). The normalized spacial score (nSPS) is 14.1. The van der Waals surface area contributed by atoms with Gasteiger partial charge in [0, 0.05) is 6.04 Å². The van der Waals surface area contributed by atoms with E-state index in [1.165, 1.54) is 55.2 Å². The molecule has 0 radical (unpaired) electrons. The van der Waals surface area contributed by atoms with Crippen molar-refractivity contribution in [2.45, 2.75) is 79.2 Å². The van der Waals surface area contributed by atoms with Crippen LogP contribution in [-0.4, -0.2) is 12.6 Å². The topological polar surface area (TPSA) is 12.0 Å². The van der Waals surface area contributed by atoms with E-state index in [9.17, 15) is 0 Å². The van der Waals surface area contributed by atoms with Gasteiger partial charge in [-0.25, -0.2) is 0 Å². The van der Waals surface area contributed by atoms with Crippen LogP contribution in [0.15, 0.2) is 18.2 Å². The van der Waals surface area contributed by atoms with Crippen molar-refractivity contribution in [2.75, 3.05) is 6.54 Å². The molecule has 0 bridgehead atoms. The molecule has 0 spiro atoms. The zero-order chi connectivity index (χ0) is 15.7. The van der Waals surface area contributed by atoms with Gasteiger partial charge in [0.2, 0.25) is 0 Å².